The van der Waals surface area contributed by atoms with Crippen LogP contribution < -0.4 is 0 Å². The summed E-state index contributed by atoms with van der Waals surface area (Å²) >= 11 is 0. The number of esters is 2. The van der Waals surface area contributed by atoms with Crippen LogP contribution in [0.1, 0.15) is 20.8 Å². The van der Waals surface area contributed by atoms with Gasteiger partial charge in [-0.2, -0.15) is 0 Å². The lowest BCUT2D eigenvalue weighted by Gasteiger charge is -2.25. The molecule has 0 atom stereocenters. The van der Waals surface area contributed by atoms with Gasteiger partial charge in [-0.1, -0.05) is 19.1 Å². The van der Waals surface area contributed by atoms with Gasteiger partial charge in [-0.15, -0.1) is 0 Å². The summed E-state index contributed by atoms with van der Waals surface area (Å²) in [4.78, 5) is 22.3. The third-order valence-corrected chi connectivity index (χ3v) is 2.11. The SMILES string of the molecule is C/C=C\C(=O)OCC(C)(CO)COC(=O)/C=C\C. The molecule has 0 saturated heterocycles. The minimum atomic E-state index is -0.797. The smallest absolute Gasteiger partial charge is 0.330 e. The third kappa shape index (κ3) is 6.85. The summed E-state index contributed by atoms with van der Waals surface area (Å²) < 4.78 is 9.87. The quantitative estimate of drug-likeness (QED) is 0.547. The normalized spacial score (nSPS) is 12.0. The van der Waals surface area contributed by atoms with Crippen molar-refractivity contribution >= 4 is 11.9 Å². The molecule has 0 radical (unpaired) electrons. The highest BCUT2D eigenvalue weighted by Crippen LogP contribution is 2.16. The summed E-state index contributed by atoms with van der Waals surface area (Å²) in [7, 11) is 0. The Morgan fingerprint density at radius 2 is 1.44 bits per heavy atom. The Labute approximate surface area is 107 Å². The number of ether oxygens (including phenoxy) is 2. The summed E-state index contributed by atoms with van der Waals surface area (Å²) in [6, 6.07) is 0. The molecule has 5 heteroatoms. The molecule has 0 aliphatic carbocycles. The molecule has 0 aromatic carbocycles. The van der Waals surface area contributed by atoms with Crippen LogP contribution in [0.4, 0.5) is 0 Å². The molecule has 0 fully saturated rings. The van der Waals surface area contributed by atoms with Gasteiger partial charge >= 0.3 is 11.9 Å². The molecular weight excluding hydrogens is 236 g/mol. The van der Waals surface area contributed by atoms with Gasteiger partial charge in [-0.05, 0) is 13.8 Å². The van der Waals surface area contributed by atoms with Crippen LogP contribution in [0, 0.1) is 5.41 Å². The molecule has 0 aromatic rings. The topological polar surface area (TPSA) is 72.8 Å². The van der Waals surface area contributed by atoms with Crippen molar-refractivity contribution in [1.29, 1.82) is 0 Å². The average Bonchev–Trinajstić information content (AvgIpc) is 2.35. The van der Waals surface area contributed by atoms with Crippen LogP contribution in [0.3, 0.4) is 0 Å². The van der Waals surface area contributed by atoms with Crippen LogP contribution in [0.25, 0.3) is 0 Å². The Kier molecular flexibility index (Phi) is 7.71. The van der Waals surface area contributed by atoms with Crippen molar-refractivity contribution in [1.82, 2.24) is 0 Å². The van der Waals surface area contributed by atoms with E-state index in [0.717, 1.165) is 0 Å². The highest BCUT2D eigenvalue weighted by molar-refractivity contribution is 5.82. The summed E-state index contributed by atoms with van der Waals surface area (Å²) in [6.45, 7) is 4.78. The summed E-state index contributed by atoms with van der Waals surface area (Å²) in [5.74, 6) is -0.978. The Hall–Kier alpha value is -1.62. The minimum absolute atomic E-state index is 0.0181. The number of carbonyl (C=O) groups is 2. The lowest BCUT2D eigenvalue weighted by atomic mass is 9.94. The van der Waals surface area contributed by atoms with E-state index in [2.05, 4.69) is 0 Å². The Bertz CT molecular complexity index is 302. The Morgan fingerprint density at radius 3 is 1.72 bits per heavy atom. The fourth-order valence-corrected chi connectivity index (χ4v) is 0.992. The number of hydrogen-bond acceptors (Lipinski definition) is 5. The molecule has 0 amide bonds. The first-order chi connectivity index (χ1) is 8.47. The minimum Gasteiger partial charge on any atom is -0.462 e. The number of aliphatic hydroxyl groups is 1. The molecule has 102 valence electrons. The summed E-state index contributed by atoms with van der Waals surface area (Å²) in [5, 5.41) is 9.25. The van der Waals surface area contributed by atoms with Gasteiger partial charge in [0.2, 0.25) is 0 Å². The Balaban J connectivity index is 4.25. The highest BCUT2D eigenvalue weighted by atomic mass is 16.5. The fraction of sp³-hybridized carbons (Fsp3) is 0.538. The molecule has 0 rings (SSSR count). The van der Waals surface area contributed by atoms with Crippen molar-refractivity contribution in [3.8, 4) is 0 Å². The molecule has 0 bridgehead atoms. The lowest BCUT2D eigenvalue weighted by Crippen LogP contribution is -2.34. The van der Waals surface area contributed by atoms with E-state index in [-0.39, 0.29) is 19.8 Å². The van der Waals surface area contributed by atoms with Gasteiger partial charge in [0, 0.05) is 12.2 Å². The second-order valence-corrected chi connectivity index (χ2v) is 4.18. The van der Waals surface area contributed by atoms with Gasteiger partial charge in [0.1, 0.15) is 13.2 Å². The van der Waals surface area contributed by atoms with Crippen LogP contribution in [0.5, 0.6) is 0 Å². The molecule has 0 aliphatic rings. The van der Waals surface area contributed by atoms with Crippen molar-refractivity contribution in [2.45, 2.75) is 20.8 Å². The Morgan fingerprint density at radius 1 is 1.06 bits per heavy atom. The summed E-state index contributed by atoms with van der Waals surface area (Å²) in [5.41, 5.74) is -0.797. The summed E-state index contributed by atoms with van der Waals surface area (Å²) in [6.07, 6.45) is 5.68. The molecule has 1 N–H and O–H groups in total. The maximum absolute atomic E-state index is 11.1. The van der Waals surface area contributed by atoms with E-state index < -0.39 is 17.4 Å². The predicted octanol–water partition coefficient (Wildman–Crippen LogP) is 1.22. The second kappa shape index (κ2) is 8.47. The largest absolute Gasteiger partial charge is 0.462 e. The first-order valence-corrected chi connectivity index (χ1v) is 5.67. The van der Waals surface area contributed by atoms with E-state index >= 15 is 0 Å². The lowest BCUT2D eigenvalue weighted by molar-refractivity contribution is -0.149. The van der Waals surface area contributed by atoms with Crippen LogP contribution in [0.2, 0.25) is 0 Å². The van der Waals surface area contributed by atoms with Gasteiger partial charge in [0.05, 0.1) is 12.0 Å². The van der Waals surface area contributed by atoms with E-state index in [4.69, 9.17) is 9.47 Å². The molecule has 0 spiro atoms. The van der Waals surface area contributed by atoms with Crippen LogP contribution in [0.15, 0.2) is 24.3 Å². The molecule has 18 heavy (non-hydrogen) atoms. The maximum Gasteiger partial charge on any atom is 0.330 e. The van der Waals surface area contributed by atoms with Crippen molar-refractivity contribution in [2.24, 2.45) is 5.41 Å². The number of allylic oxidation sites excluding steroid dienone is 2. The number of aliphatic hydroxyl groups excluding tert-OH is 1. The van der Waals surface area contributed by atoms with E-state index in [1.807, 2.05) is 0 Å². The zero-order chi connectivity index (χ0) is 14.0. The fourth-order valence-electron chi connectivity index (χ4n) is 0.992. The van der Waals surface area contributed by atoms with E-state index in [1.54, 1.807) is 32.9 Å². The molecule has 5 nitrogen and oxygen atoms in total. The van der Waals surface area contributed by atoms with Crippen LogP contribution in [-0.4, -0.2) is 36.9 Å². The zero-order valence-electron chi connectivity index (χ0n) is 11.0. The first kappa shape index (κ1) is 16.4. The van der Waals surface area contributed by atoms with Gasteiger partial charge in [-0.3, -0.25) is 0 Å². The highest BCUT2D eigenvalue weighted by Gasteiger charge is 2.27. The molecule has 0 unspecified atom stereocenters. The van der Waals surface area contributed by atoms with Crippen molar-refractivity contribution in [3.63, 3.8) is 0 Å². The van der Waals surface area contributed by atoms with Gasteiger partial charge in [0.15, 0.2) is 0 Å². The molecule has 0 heterocycles. The number of carbonyl (C=O) groups excluding carboxylic acids is 2. The second-order valence-electron chi connectivity index (χ2n) is 4.18. The standard InChI is InChI=1S/C13H20O5/c1-4-6-11(15)17-9-13(3,8-14)10-18-12(16)7-5-2/h4-7,14H,8-10H2,1-3H3/b6-4-,7-5-. The first-order valence-electron chi connectivity index (χ1n) is 5.67. The molecule has 0 aromatic heterocycles. The zero-order valence-corrected chi connectivity index (χ0v) is 11.0. The van der Waals surface area contributed by atoms with Crippen LogP contribution in [-0.2, 0) is 19.1 Å². The van der Waals surface area contributed by atoms with E-state index in [0.29, 0.717) is 0 Å². The molecule has 0 aliphatic heterocycles. The number of hydrogen-bond donors (Lipinski definition) is 1. The maximum atomic E-state index is 11.1. The van der Waals surface area contributed by atoms with Gasteiger partial charge < -0.3 is 14.6 Å². The van der Waals surface area contributed by atoms with Gasteiger partial charge in [-0.25, -0.2) is 9.59 Å². The van der Waals surface area contributed by atoms with Crippen molar-refractivity contribution in [3.05, 3.63) is 24.3 Å². The van der Waals surface area contributed by atoms with E-state index in [1.165, 1.54) is 12.2 Å². The van der Waals surface area contributed by atoms with Crippen LogP contribution >= 0.6 is 0 Å². The van der Waals surface area contributed by atoms with Crippen molar-refractivity contribution < 1.29 is 24.2 Å². The molecule has 0 saturated carbocycles. The number of rotatable bonds is 7. The van der Waals surface area contributed by atoms with Crippen molar-refractivity contribution in [2.75, 3.05) is 19.8 Å². The third-order valence-electron chi connectivity index (χ3n) is 2.11. The van der Waals surface area contributed by atoms with Gasteiger partial charge in [0.25, 0.3) is 0 Å². The predicted molar refractivity (Wildman–Crippen MR) is 66.7 cm³/mol. The average molecular weight is 256 g/mol. The monoisotopic (exact) mass is 256 g/mol. The molecular formula is C13H20O5. The van der Waals surface area contributed by atoms with E-state index in [9.17, 15) is 14.7 Å².